The van der Waals surface area contributed by atoms with E-state index in [0.717, 1.165) is 48.6 Å². The van der Waals surface area contributed by atoms with Crippen molar-refractivity contribution >= 4 is 29.0 Å². The van der Waals surface area contributed by atoms with Gasteiger partial charge in [-0.25, -0.2) is 9.78 Å². The zero-order valence-electron chi connectivity index (χ0n) is 14.6. The van der Waals surface area contributed by atoms with Crippen LogP contribution in [0, 0.1) is 0 Å². The lowest BCUT2D eigenvalue weighted by Gasteiger charge is -2.20. The van der Waals surface area contributed by atoms with Gasteiger partial charge < -0.3 is 15.1 Å². The molecule has 0 bridgehead atoms. The molecule has 1 saturated heterocycles. The van der Waals surface area contributed by atoms with E-state index in [0.29, 0.717) is 24.5 Å². The Bertz CT molecular complexity index is 774. The molecule has 6 nitrogen and oxygen atoms in total. The minimum absolute atomic E-state index is 0.0688. The first-order valence-electron chi connectivity index (χ1n) is 9.09. The van der Waals surface area contributed by atoms with E-state index >= 15 is 0 Å². The number of hydrogen-bond donors (Lipinski definition) is 1. The number of carbonyl (C=O) groups excluding carboxylic acids is 2. The summed E-state index contributed by atoms with van der Waals surface area (Å²) in [6.07, 6.45) is 3.62. The number of rotatable bonds is 2. The van der Waals surface area contributed by atoms with Crippen molar-refractivity contribution in [3.63, 3.8) is 0 Å². The summed E-state index contributed by atoms with van der Waals surface area (Å²) < 4.78 is 0. The molecular weight excluding hydrogens is 348 g/mol. The van der Waals surface area contributed by atoms with E-state index in [2.05, 4.69) is 10.3 Å². The zero-order valence-corrected chi connectivity index (χ0v) is 15.4. The van der Waals surface area contributed by atoms with Gasteiger partial charge in [-0.2, -0.15) is 0 Å². The van der Waals surface area contributed by atoms with Crippen molar-refractivity contribution < 1.29 is 9.59 Å². The van der Waals surface area contributed by atoms with Crippen molar-refractivity contribution in [1.82, 2.24) is 14.8 Å². The number of anilines is 1. The van der Waals surface area contributed by atoms with Gasteiger partial charge in [0.2, 0.25) is 0 Å². The molecule has 3 heterocycles. The highest BCUT2D eigenvalue weighted by Crippen LogP contribution is 2.25. The molecule has 0 radical (unpaired) electrons. The summed E-state index contributed by atoms with van der Waals surface area (Å²) in [6, 6.07) is 9.40. The summed E-state index contributed by atoms with van der Waals surface area (Å²) in [6.45, 7) is 2.95. The number of para-hydroxylation sites is 1. The lowest BCUT2D eigenvalue weighted by atomic mass is 10.2. The molecule has 2 aliphatic heterocycles. The maximum absolute atomic E-state index is 12.5. The molecule has 0 atom stereocenters. The van der Waals surface area contributed by atoms with Crippen LogP contribution >= 0.6 is 11.3 Å². The van der Waals surface area contributed by atoms with Crippen LogP contribution in [0.15, 0.2) is 30.3 Å². The fraction of sp³-hybridized carbons (Fsp3) is 0.421. The van der Waals surface area contributed by atoms with Crippen LogP contribution in [0.4, 0.5) is 10.5 Å². The molecule has 2 aliphatic rings. The van der Waals surface area contributed by atoms with Crippen molar-refractivity contribution in [1.29, 1.82) is 0 Å². The molecule has 0 aliphatic carbocycles. The van der Waals surface area contributed by atoms with E-state index in [1.165, 1.54) is 11.3 Å². The fourth-order valence-electron chi connectivity index (χ4n) is 3.44. The number of nitrogens with zero attached hydrogens (tertiary/aromatic N) is 3. The van der Waals surface area contributed by atoms with Crippen LogP contribution in [-0.2, 0) is 12.8 Å². The number of benzene rings is 1. The molecule has 1 N–H and O–H groups in total. The second-order valence-corrected chi connectivity index (χ2v) is 7.76. The number of urea groups is 1. The van der Waals surface area contributed by atoms with E-state index < -0.39 is 0 Å². The third-order valence-electron chi connectivity index (χ3n) is 4.89. The number of nitrogens with one attached hydrogen (secondary N) is 1. The number of fused-ring (bicyclic) bond motifs is 1. The van der Waals surface area contributed by atoms with Gasteiger partial charge in [-0.05, 0) is 25.0 Å². The van der Waals surface area contributed by atoms with Gasteiger partial charge >= 0.3 is 6.03 Å². The Morgan fingerprint density at radius 3 is 2.46 bits per heavy atom. The number of carbonyl (C=O) groups is 2. The van der Waals surface area contributed by atoms with Crippen molar-refractivity contribution in [3.05, 3.63) is 45.9 Å². The fourth-order valence-corrected chi connectivity index (χ4v) is 4.50. The molecule has 136 valence electrons. The molecule has 26 heavy (non-hydrogen) atoms. The van der Waals surface area contributed by atoms with Gasteiger partial charge in [-0.1, -0.05) is 18.2 Å². The normalized spacial score (nSPS) is 16.9. The highest BCUT2D eigenvalue weighted by molar-refractivity contribution is 7.13. The Kier molecular flexibility index (Phi) is 4.88. The van der Waals surface area contributed by atoms with Crippen LogP contribution in [-0.4, -0.2) is 52.9 Å². The van der Waals surface area contributed by atoms with Gasteiger partial charge in [0.15, 0.2) is 5.01 Å². The summed E-state index contributed by atoms with van der Waals surface area (Å²) in [7, 11) is 0. The average Bonchev–Trinajstić information content (AvgIpc) is 3.29. The maximum atomic E-state index is 12.5. The molecule has 0 unspecified atom stereocenters. The second kappa shape index (κ2) is 7.45. The van der Waals surface area contributed by atoms with Crippen LogP contribution in [0.25, 0.3) is 0 Å². The Hall–Kier alpha value is -2.41. The lowest BCUT2D eigenvalue weighted by Crippen LogP contribution is -2.36. The molecule has 4 rings (SSSR count). The smallest absolute Gasteiger partial charge is 0.321 e. The Labute approximate surface area is 156 Å². The minimum Gasteiger partial charge on any atom is -0.337 e. The Morgan fingerprint density at radius 2 is 1.69 bits per heavy atom. The van der Waals surface area contributed by atoms with Crippen LogP contribution in [0.2, 0.25) is 0 Å². The molecule has 0 spiro atoms. The van der Waals surface area contributed by atoms with E-state index in [-0.39, 0.29) is 11.9 Å². The van der Waals surface area contributed by atoms with Gasteiger partial charge in [0.25, 0.3) is 5.91 Å². The second-order valence-electron chi connectivity index (χ2n) is 6.67. The minimum atomic E-state index is -0.0836. The van der Waals surface area contributed by atoms with Crippen LogP contribution in [0.1, 0.15) is 33.2 Å². The van der Waals surface area contributed by atoms with Crippen LogP contribution in [0.3, 0.4) is 0 Å². The van der Waals surface area contributed by atoms with Gasteiger partial charge in [-0.3, -0.25) is 4.79 Å². The van der Waals surface area contributed by atoms with E-state index in [4.69, 9.17) is 0 Å². The molecule has 7 heteroatoms. The standard InChI is InChI=1S/C19H22N4O2S/c24-18(22-10-4-5-11-22)17-21-15-8-12-23(13-9-16(15)26-17)19(25)20-14-6-2-1-3-7-14/h1-3,6-7H,4-5,8-13H2,(H,20,25). The summed E-state index contributed by atoms with van der Waals surface area (Å²) in [5.41, 5.74) is 1.78. The zero-order chi connectivity index (χ0) is 17.9. The number of thiazole rings is 1. The van der Waals surface area contributed by atoms with E-state index in [1.54, 1.807) is 0 Å². The summed E-state index contributed by atoms with van der Waals surface area (Å²) in [5.74, 6) is 0.0688. The van der Waals surface area contributed by atoms with Crippen molar-refractivity contribution in [2.24, 2.45) is 0 Å². The van der Waals surface area contributed by atoms with Gasteiger partial charge in [0.05, 0.1) is 5.69 Å². The molecule has 2 aromatic rings. The first-order valence-corrected chi connectivity index (χ1v) is 9.91. The van der Waals surface area contributed by atoms with E-state index in [1.807, 2.05) is 40.1 Å². The Morgan fingerprint density at radius 1 is 0.962 bits per heavy atom. The van der Waals surface area contributed by atoms with Crippen molar-refractivity contribution in [2.45, 2.75) is 25.7 Å². The predicted molar refractivity (Wildman–Crippen MR) is 102 cm³/mol. The van der Waals surface area contributed by atoms with Crippen LogP contribution < -0.4 is 5.32 Å². The first-order chi connectivity index (χ1) is 12.7. The number of aromatic nitrogens is 1. The summed E-state index contributed by atoms with van der Waals surface area (Å²) in [5, 5.41) is 3.54. The third kappa shape index (κ3) is 3.58. The maximum Gasteiger partial charge on any atom is 0.321 e. The van der Waals surface area contributed by atoms with Gasteiger partial charge in [0, 0.05) is 49.6 Å². The number of amides is 3. The first kappa shape index (κ1) is 17.0. The van der Waals surface area contributed by atoms with E-state index in [9.17, 15) is 9.59 Å². The molecule has 1 fully saturated rings. The predicted octanol–water partition coefficient (Wildman–Crippen LogP) is 3.01. The average molecular weight is 370 g/mol. The lowest BCUT2D eigenvalue weighted by molar-refractivity contribution is 0.0792. The molecule has 3 amide bonds. The largest absolute Gasteiger partial charge is 0.337 e. The van der Waals surface area contributed by atoms with Crippen LogP contribution in [0.5, 0.6) is 0 Å². The number of likely N-dealkylation sites (tertiary alicyclic amines) is 1. The monoisotopic (exact) mass is 370 g/mol. The summed E-state index contributed by atoms with van der Waals surface area (Å²) in [4.78, 5) is 34.5. The Balaban J connectivity index is 1.39. The summed E-state index contributed by atoms with van der Waals surface area (Å²) >= 11 is 1.50. The van der Waals surface area contributed by atoms with Gasteiger partial charge in [0.1, 0.15) is 0 Å². The topological polar surface area (TPSA) is 65.5 Å². The molecular formula is C19H22N4O2S. The quantitative estimate of drug-likeness (QED) is 0.884. The molecule has 1 aromatic heterocycles. The SMILES string of the molecule is O=C(Nc1ccccc1)N1CCc2nc(C(=O)N3CCCC3)sc2CC1. The highest BCUT2D eigenvalue weighted by atomic mass is 32.1. The third-order valence-corrected chi connectivity index (χ3v) is 6.04. The molecule has 1 aromatic carbocycles. The van der Waals surface area contributed by atoms with Crippen molar-refractivity contribution in [3.8, 4) is 0 Å². The number of hydrogen-bond acceptors (Lipinski definition) is 4. The van der Waals surface area contributed by atoms with Gasteiger partial charge in [-0.15, -0.1) is 11.3 Å². The molecule has 0 saturated carbocycles. The highest BCUT2D eigenvalue weighted by Gasteiger charge is 2.26. The van der Waals surface area contributed by atoms with Crippen molar-refractivity contribution in [2.75, 3.05) is 31.5 Å².